The van der Waals surface area contributed by atoms with Crippen molar-refractivity contribution in [3.8, 4) is 5.75 Å². The second kappa shape index (κ2) is 6.51. The number of aryl methyl sites for hydroxylation is 1. The monoisotopic (exact) mass is 334 g/mol. The van der Waals surface area contributed by atoms with Gasteiger partial charge in [0.1, 0.15) is 17.8 Å². The van der Waals surface area contributed by atoms with Gasteiger partial charge >= 0.3 is 12.0 Å². The summed E-state index contributed by atoms with van der Waals surface area (Å²) in [5, 5.41) is 2.66. The number of amides is 3. The fourth-order valence-electron chi connectivity index (χ4n) is 2.65. The van der Waals surface area contributed by atoms with Gasteiger partial charge in [0.15, 0.2) is 0 Å². The van der Waals surface area contributed by atoms with Crippen molar-refractivity contribution in [1.82, 2.24) is 10.2 Å². The number of benzene rings is 1. The van der Waals surface area contributed by atoms with Gasteiger partial charge in [0, 0.05) is 0 Å². The van der Waals surface area contributed by atoms with Crippen molar-refractivity contribution in [2.24, 2.45) is 0 Å². The van der Waals surface area contributed by atoms with Gasteiger partial charge in [-0.1, -0.05) is 6.07 Å². The van der Waals surface area contributed by atoms with Crippen molar-refractivity contribution < 1.29 is 23.9 Å². The minimum absolute atomic E-state index is 0.311. The van der Waals surface area contributed by atoms with Gasteiger partial charge in [-0.3, -0.25) is 14.5 Å². The molecule has 1 aromatic carbocycles. The number of imide groups is 1. The number of nitrogens with one attached hydrogen (secondary N) is 1. The van der Waals surface area contributed by atoms with Crippen LogP contribution in [-0.4, -0.2) is 42.6 Å². The predicted molar refractivity (Wildman–Crippen MR) is 86.6 cm³/mol. The van der Waals surface area contributed by atoms with E-state index < -0.39 is 30.0 Å². The highest BCUT2D eigenvalue weighted by Gasteiger charge is 2.49. The summed E-state index contributed by atoms with van der Waals surface area (Å²) < 4.78 is 10.2. The van der Waals surface area contributed by atoms with Crippen LogP contribution in [0.25, 0.3) is 0 Å². The molecule has 1 N–H and O–H groups in total. The maximum Gasteiger partial charge on any atom is 0.326 e. The average molecular weight is 334 g/mol. The normalized spacial score (nSPS) is 20.3. The molecule has 130 valence electrons. The van der Waals surface area contributed by atoms with E-state index in [1.54, 1.807) is 46.1 Å². The molecule has 3 amide bonds. The molecule has 7 heteroatoms. The molecule has 1 aliphatic heterocycles. The van der Waals surface area contributed by atoms with Gasteiger partial charge in [0.25, 0.3) is 5.91 Å². The SMILES string of the molecule is COc1ccc(C2(C)NC(=O)N(CC(=O)OC(C)C)C2=O)cc1C. The van der Waals surface area contributed by atoms with Gasteiger partial charge in [-0.25, -0.2) is 4.79 Å². The first kappa shape index (κ1) is 17.8. The number of carbonyl (C=O) groups excluding carboxylic acids is 3. The number of hydrogen-bond acceptors (Lipinski definition) is 5. The first-order chi connectivity index (χ1) is 11.2. The van der Waals surface area contributed by atoms with Crippen LogP contribution >= 0.6 is 0 Å². The number of ether oxygens (including phenoxy) is 2. The maximum absolute atomic E-state index is 12.7. The van der Waals surface area contributed by atoms with Crippen molar-refractivity contribution >= 4 is 17.9 Å². The average Bonchev–Trinajstić information content (AvgIpc) is 2.71. The number of hydrogen-bond donors (Lipinski definition) is 1. The fourth-order valence-corrected chi connectivity index (χ4v) is 2.65. The summed E-state index contributed by atoms with van der Waals surface area (Å²) in [7, 11) is 1.56. The third-order valence-electron chi connectivity index (χ3n) is 3.90. The Bertz CT molecular complexity index is 686. The molecule has 7 nitrogen and oxygen atoms in total. The molecular formula is C17H22N2O5. The molecule has 0 saturated carbocycles. The zero-order chi connectivity index (χ0) is 18.1. The highest BCUT2D eigenvalue weighted by atomic mass is 16.5. The lowest BCUT2D eigenvalue weighted by molar-refractivity contribution is -0.150. The lowest BCUT2D eigenvalue weighted by Crippen LogP contribution is -2.41. The summed E-state index contributed by atoms with van der Waals surface area (Å²) >= 11 is 0. The number of carbonyl (C=O) groups is 3. The molecule has 1 heterocycles. The highest BCUT2D eigenvalue weighted by molar-refractivity contribution is 6.08. The minimum Gasteiger partial charge on any atom is -0.496 e. The largest absolute Gasteiger partial charge is 0.496 e. The van der Waals surface area contributed by atoms with Crippen LogP contribution in [0.1, 0.15) is 31.9 Å². The van der Waals surface area contributed by atoms with Gasteiger partial charge in [0.05, 0.1) is 13.2 Å². The first-order valence-electron chi connectivity index (χ1n) is 7.67. The summed E-state index contributed by atoms with van der Waals surface area (Å²) in [6.07, 6.45) is -0.311. The van der Waals surface area contributed by atoms with Gasteiger partial charge in [-0.2, -0.15) is 0 Å². The molecule has 1 aliphatic rings. The highest BCUT2D eigenvalue weighted by Crippen LogP contribution is 2.31. The van der Waals surface area contributed by atoms with Crippen LogP contribution in [0.5, 0.6) is 5.75 Å². The lowest BCUT2D eigenvalue weighted by Gasteiger charge is -2.23. The third-order valence-corrected chi connectivity index (χ3v) is 3.90. The van der Waals surface area contributed by atoms with Crippen LogP contribution in [0.2, 0.25) is 0 Å². The molecule has 1 unspecified atom stereocenters. The van der Waals surface area contributed by atoms with Crippen molar-refractivity contribution in [2.75, 3.05) is 13.7 Å². The van der Waals surface area contributed by atoms with Crippen LogP contribution < -0.4 is 10.1 Å². The van der Waals surface area contributed by atoms with Gasteiger partial charge in [-0.05, 0) is 51.0 Å². The van der Waals surface area contributed by atoms with Crippen molar-refractivity contribution in [2.45, 2.75) is 39.3 Å². The second-order valence-corrected chi connectivity index (χ2v) is 6.17. The van der Waals surface area contributed by atoms with Gasteiger partial charge < -0.3 is 14.8 Å². The Labute approximate surface area is 140 Å². The van der Waals surface area contributed by atoms with Gasteiger partial charge in [0.2, 0.25) is 0 Å². The van der Waals surface area contributed by atoms with Crippen LogP contribution in [0.4, 0.5) is 4.79 Å². The molecule has 1 fully saturated rings. The molecule has 1 aromatic rings. The number of nitrogens with zero attached hydrogens (tertiary/aromatic N) is 1. The van der Waals surface area contributed by atoms with Crippen LogP contribution in [0.3, 0.4) is 0 Å². The summed E-state index contributed by atoms with van der Waals surface area (Å²) in [6, 6.07) is 4.63. The smallest absolute Gasteiger partial charge is 0.326 e. The van der Waals surface area contributed by atoms with Crippen LogP contribution in [-0.2, 0) is 19.9 Å². The molecule has 0 aliphatic carbocycles. The topological polar surface area (TPSA) is 84.9 Å². The Hall–Kier alpha value is -2.57. The predicted octanol–water partition coefficient (Wildman–Crippen LogP) is 1.72. The van der Waals surface area contributed by atoms with E-state index in [0.717, 1.165) is 10.5 Å². The van der Waals surface area contributed by atoms with E-state index in [0.29, 0.717) is 11.3 Å². The standard InChI is InChI=1S/C17H22N2O5/c1-10(2)24-14(20)9-19-15(21)17(4,18-16(19)22)12-6-7-13(23-5)11(3)8-12/h6-8,10H,9H2,1-5H3,(H,18,22). The van der Waals surface area contributed by atoms with Crippen molar-refractivity contribution in [3.05, 3.63) is 29.3 Å². The van der Waals surface area contributed by atoms with E-state index in [2.05, 4.69) is 5.32 Å². The van der Waals surface area contributed by atoms with E-state index in [1.165, 1.54) is 0 Å². The molecule has 2 rings (SSSR count). The third kappa shape index (κ3) is 3.20. The zero-order valence-electron chi connectivity index (χ0n) is 14.5. The zero-order valence-corrected chi connectivity index (χ0v) is 14.5. The van der Waals surface area contributed by atoms with E-state index in [1.807, 2.05) is 6.92 Å². The quantitative estimate of drug-likeness (QED) is 0.655. The Morgan fingerprint density at radius 2 is 2.00 bits per heavy atom. The Balaban J connectivity index is 2.26. The molecular weight excluding hydrogens is 312 g/mol. The minimum atomic E-state index is -1.23. The van der Waals surface area contributed by atoms with Crippen LogP contribution in [0, 0.1) is 6.92 Å². The Kier molecular flexibility index (Phi) is 4.82. The lowest BCUT2D eigenvalue weighted by atomic mass is 9.90. The Morgan fingerprint density at radius 3 is 2.54 bits per heavy atom. The molecule has 0 aromatic heterocycles. The molecule has 0 radical (unpaired) electrons. The van der Waals surface area contributed by atoms with E-state index in [4.69, 9.17) is 9.47 Å². The number of rotatable bonds is 5. The van der Waals surface area contributed by atoms with Crippen molar-refractivity contribution in [1.29, 1.82) is 0 Å². The number of methoxy groups -OCH3 is 1. The van der Waals surface area contributed by atoms with Crippen LogP contribution in [0.15, 0.2) is 18.2 Å². The molecule has 1 saturated heterocycles. The summed E-state index contributed by atoms with van der Waals surface area (Å²) in [4.78, 5) is 37.5. The van der Waals surface area contributed by atoms with E-state index in [-0.39, 0.29) is 6.10 Å². The second-order valence-electron chi connectivity index (χ2n) is 6.17. The van der Waals surface area contributed by atoms with E-state index in [9.17, 15) is 14.4 Å². The van der Waals surface area contributed by atoms with Gasteiger partial charge in [-0.15, -0.1) is 0 Å². The number of esters is 1. The Morgan fingerprint density at radius 1 is 1.33 bits per heavy atom. The maximum atomic E-state index is 12.7. The summed E-state index contributed by atoms with van der Waals surface area (Å²) in [5.41, 5.74) is 0.237. The molecule has 0 bridgehead atoms. The summed E-state index contributed by atoms with van der Waals surface area (Å²) in [6.45, 7) is 6.46. The van der Waals surface area contributed by atoms with E-state index >= 15 is 0 Å². The molecule has 0 spiro atoms. The molecule has 1 atom stereocenters. The van der Waals surface area contributed by atoms with Crippen molar-refractivity contribution in [3.63, 3.8) is 0 Å². The molecule has 24 heavy (non-hydrogen) atoms. The fraction of sp³-hybridized carbons (Fsp3) is 0.471. The summed E-state index contributed by atoms with van der Waals surface area (Å²) in [5.74, 6) is -0.419. The first-order valence-corrected chi connectivity index (χ1v) is 7.67. The number of urea groups is 1.